The van der Waals surface area contributed by atoms with Crippen molar-refractivity contribution in [1.29, 1.82) is 0 Å². The maximum Gasteiger partial charge on any atom is 0.416 e. The van der Waals surface area contributed by atoms with Crippen molar-refractivity contribution in [2.45, 2.75) is 19.5 Å². The Bertz CT molecular complexity index is 593. The van der Waals surface area contributed by atoms with Crippen molar-refractivity contribution in [2.75, 3.05) is 13.6 Å². The summed E-state index contributed by atoms with van der Waals surface area (Å²) in [6.07, 6.45) is -3.76. The molecule has 1 N–H and O–H groups in total. The minimum Gasteiger partial charge on any atom is -0.319 e. The summed E-state index contributed by atoms with van der Waals surface area (Å²) in [5.41, 5.74) is 0.357. The Balaban J connectivity index is 2.50. The zero-order chi connectivity index (χ0) is 14.0. The second kappa shape index (κ2) is 5.13. The highest BCUT2D eigenvalue weighted by molar-refractivity contribution is 5.81. The van der Waals surface area contributed by atoms with Crippen LogP contribution in [-0.4, -0.2) is 23.6 Å². The fraction of sp³-hybridized carbons (Fsp3) is 0.385. The van der Waals surface area contributed by atoms with E-state index in [1.54, 1.807) is 14.0 Å². The SMILES string of the molecule is CNCCc1nc(C)c2ccc(C(F)(F)F)cc2n1. The maximum absolute atomic E-state index is 12.7. The van der Waals surface area contributed by atoms with Crippen molar-refractivity contribution >= 4 is 10.9 Å². The molecule has 0 unspecified atom stereocenters. The highest BCUT2D eigenvalue weighted by Gasteiger charge is 2.30. The van der Waals surface area contributed by atoms with E-state index >= 15 is 0 Å². The van der Waals surface area contributed by atoms with Gasteiger partial charge in [0.2, 0.25) is 0 Å². The van der Waals surface area contributed by atoms with Crippen LogP contribution in [0, 0.1) is 6.92 Å². The normalized spacial score (nSPS) is 12.1. The third-order valence-corrected chi connectivity index (χ3v) is 2.86. The van der Waals surface area contributed by atoms with Crippen molar-refractivity contribution in [2.24, 2.45) is 0 Å². The zero-order valence-electron chi connectivity index (χ0n) is 10.7. The van der Waals surface area contributed by atoms with Gasteiger partial charge in [-0.25, -0.2) is 9.97 Å². The quantitative estimate of drug-likeness (QED) is 0.931. The number of hydrogen-bond acceptors (Lipinski definition) is 3. The van der Waals surface area contributed by atoms with Crippen LogP contribution in [0.5, 0.6) is 0 Å². The molecule has 0 aliphatic heterocycles. The van der Waals surface area contributed by atoms with Gasteiger partial charge < -0.3 is 5.32 Å². The Morgan fingerprint density at radius 2 is 1.95 bits per heavy atom. The van der Waals surface area contributed by atoms with Crippen LogP contribution in [0.25, 0.3) is 10.9 Å². The molecule has 0 aliphatic carbocycles. The van der Waals surface area contributed by atoms with E-state index in [0.29, 0.717) is 35.4 Å². The monoisotopic (exact) mass is 269 g/mol. The summed E-state index contributed by atoms with van der Waals surface area (Å²) in [5, 5.41) is 3.61. The van der Waals surface area contributed by atoms with Crippen molar-refractivity contribution in [3.63, 3.8) is 0 Å². The molecule has 0 radical (unpaired) electrons. The summed E-state index contributed by atoms with van der Waals surface area (Å²) in [4.78, 5) is 8.49. The molecule has 0 amide bonds. The molecule has 0 fully saturated rings. The maximum atomic E-state index is 12.7. The van der Waals surface area contributed by atoms with Gasteiger partial charge in [-0.1, -0.05) is 6.07 Å². The third kappa shape index (κ3) is 3.01. The van der Waals surface area contributed by atoms with Gasteiger partial charge in [0.05, 0.1) is 11.1 Å². The van der Waals surface area contributed by atoms with E-state index in [2.05, 4.69) is 15.3 Å². The Hall–Kier alpha value is -1.69. The van der Waals surface area contributed by atoms with Gasteiger partial charge in [-0.3, -0.25) is 0 Å². The molecule has 2 rings (SSSR count). The number of halogens is 3. The van der Waals surface area contributed by atoms with Crippen molar-refractivity contribution in [3.05, 3.63) is 35.3 Å². The second-order valence-electron chi connectivity index (χ2n) is 4.31. The lowest BCUT2D eigenvalue weighted by Gasteiger charge is -2.09. The van der Waals surface area contributed by atoms with Crippen LogP contribution in [0.4, 0.5) is 13.2 Å². The molecule has 0 spiro atoms. The number of aromatic nitrogens is 2. The van der Waals surface area contributed by atoms with Gasteiger partial charge in [0, 0.05) is 24.0 Å². The van der Waals surface area contributed by atoms with E-state index in [-0.39, 0.29) is 0 Å². The lowest BCUT2D eigenvalue weighted by atomic mass is 10.1. The van der Waals surface area contributed by atoms with E-state index in [4.69, 9.17) is 0 Å². The number of rotatable bonds is 3. The Kier molecular flexibility index (Phi) is 3.71. The van der Waals surface area contributed by atoms with E-state index in [1.807, 2.05) is 0 Å². The van der Waals surface area contributed by atoms with Crippen LogP contribution in [0.3, 0.4) is 0 Å². The number of nitrogens with zero attached hydrogens (tertiary/aromatic N) is 2. The average molecular weight is 269 g/mol. The van der Waals surface area contributed by atoms with Crippen LogP contribution < -0.4 is 5.32 Å². The highest BCUT2D eigenvalue weighted by atomic mass is 19.4. The minimum atomic E-state index is -4.35. The molecule has 0 atom stereocenters. The zero-order valence-corrected chi connectivity index (χ0v) is 10.7. The number of aryl methyl sites for hydroxylation is 1. The first-order valence-corrected chi connectivity index (χ1v) is 5.91. The molecular weight excluding hydrogens is 255 g/mol. The van der Waals surface area contributed by atoms with Crippen molar-refractivity contribution in [1.82, 2.24) is 15.3 Å². The van der Waals surface area contributed by atoms with Crippen LogP contribution in [0.15, 0.2) is 18.2 Å². The van der Waals surface area contributed by atoms with Gasteiger partial charge >= 0.3 is 6.18 Å². The summed E-state index contributed by atoms with van der Waals surface area (Å²) in [6.45, 7) is 2.46. The van der Waals surface area contributed by atoms with Crippen LogP contribution in [0.1, 0.15) is 17.1 Å². The third-order valence-electron chi connectivity index (χ3n) is 2.86. The number of fused-ring (bicyclic) bond motifs is 1. The highest BCUT2D eigenvalue weighted by Crippen LogP contribution is 2.31. The first-order valence-electron chi connectivity index (χ1n) is 5.91. The lowest BCUT2D eigenvalue weighted by Crippen LogP contribution is -2.13. The van der Waals surface area contributed by atoms with E-state index in [9.17, 15) is 13.2 Å². The number of alkyl halides is 3. The molecule has 0 bridgehead atoms. The topological polar surface area (TPSA) is 37.8 Å². The summed E-state index contributed by atoms with van der Waals surface area (Å²) in [5.74, 6) is 0.554. The predicted octanol–water partition coefficient (Wildman–Crippen LogP) is 2.72. The second-order valence-corrected chi connectivity index (χ2v) is 4.31. The van der Waals surface area contributed by atoms with E-state index < -0.39 is 11.7 Å². The molecule has 102 valence electrons. The van der Waals surface area contributed by atoms with Crippen molar-refractivity contribution < 1.29 is 13.2 Å². The number of likely N-dealkylation sites (N-methyl/N-ethyl adjacent to an activating group) is 1. The fourth-order valence-electron chi connectivity index (χ4n) is 1.87. The van der Waals surface area contributed by atoms with Gasteiger partial charge in [-0.15, -0.1) is 0 Å². The van der Waals surface area contributed by atoms with Crippen LogP contribution >= 0.6 is 0 Å². The number of nitrogens with one attached hydrogen (secondary N) is 1. The molecular formula is C13H14F3N3. The predicted molar refractivity (Wildman–Crippen MR) is 66.9 cm³/mol. The van der Waals surface area contributed by atoms with Crippen LogP contribution in [-0.2, 0) is 12.6 Å². The Morgan fingerprint density at radius 1 is 1.21 bits per heavy atom. The molecule has 1 heterocycles. The van der Waals surface area contributed by atoms with Gasteiger partial charge in [0.1, 0.15) is 5.82 Å². The van der Waals surface area contributed by atoms with E-state index in [0.717, 1.165) is 12.1 Å². The average Bonchev–Trinajstić information content (AvgIpc) is 2.34. The van der Waals surface area contributed by atoms with Gasteiger partial charge in [-0.2, -0.15) is 13.2 Å². The summed E-state index contributed by atoms with van der Waals surface area (Å²) in [6, 6.07) is 3.56. The molecule has 1 aromatic carbocycles. The first kappa shape index (κ1) is 13.7. The minimum absolute atomic E-state index is 0.341. The summed E-state index contributed by atoms with van der Waals surface area (Å²) >= 11 is 0. The van der Waals surface area contributed by atoms with Gasteiger partial charge in [0.15, 0.2) is 0 Å². The molecule has 0 saturated heterocycles. The molecule has 0 saturated carbocycles. The van der Waals surface area contributed by atoms with Crippen molar-refractivity contribution in [3.8, 4) is 0 Å². The molecule has 3 nitrogen and oxygen atoms in total. The molecule has 2 aromatic rings. The smallest absolute Gasteiger partial charge is 0.319 e. The molecule has 6 heteroatoms. The Morgan fingerprint density at radius 3 is 2.58 bits per heavy atom. The van der Waals surface area contributed by atoms with E-state index in [1.165, 1.54) is 6.07 Å². The largest absolute Gasteiger partial charge is 0.416 e. The van der Waals surface area contributed by atoms with Gasteiger partial charge in [-0.05, 0) is 26.1 Å². The molecule has 0 aliphatic rings. The first-order chi connectivity index (χ1) is 8.91. The molecule has 19 heavy (non-hydrogen) atoms. The van der Waals surface area contributed by atoms with Gasteiger partial charge in [0.25, 0.3) is 0 Å². The summed E-state index contributed by atoms with van der Waals surface area (Å²) < 4.78 is 38.0. The summed E-state index contributed by atoms with van der Waals surface area (Å²) in [7, 11) is 1.80. The lowest BCUT2D eigenvalue weighted by molar-refractivity contribution is -0.137. The Labute approximate surface area is 108 Å². The number of hydrogen-bond donors (Lipinski definition) is 1. The van der Waals surface area contributed by atoms with Crippen LogP contribution in [0.2, 0.25) is 0 Å². The molecule has 1 aromatic heterocycles. The standard InChI is InChI=1S/C13H14F3N3/c1-8-10-4-3-9(13(14,15)16)7-11(10)19-12(18-8)5-6-17-2/h3-4,7,17H,5-6H2,1-2H3. The number of benzene rings is 1. The fourth-order valence-corrected chi connectivity index (χ4v) is 1.87.